The third kappa shape index (κ3) is 2.72. The predicted molar refractivity (Wildman–Crippen MR) is 54.1 cm³/mol. The Hall–Kier alpha value is -1.06. The van der Waals surface area contributed by atoms with Crippen LogP contribution in [0.25, 0.3) is 0 Å². The highest BCUT2D eigenvalue weighted by atomic mass is 16.2. The van der Waals surface area contributed by atoms with Gasteiger partial charge in [-0.3, -0.25) is 0 Å². The summed E-state index contributed by atoms with van der Waals surface area (Å²) in [6.45, 7) is 5.13. The van der Waals surface area contributed by atoms with Crippen LogP contribution in [0, 0.1) is 0 Å². The van der Waals surface area contributed by atoms with E-state index in [9.17, 15) is 9.59 Å². The lowest BCUT2D eigenvalue weighted by Gasteiger charge is -2.35. The average molecular weight is 198 g/mol. The zero-order chi connectivity index (χ0) is 10.4. The molecule has 0 unspecified atom stereocenters. The number of urea groups is 1. The Morgan fingerprint density at radius 1 is 1.29 bits per heavy atom. The third-order valence-electron chi connectivity index (χ3n) is 2.41. The van der Waals surface area contributed by atoms with E-state index in [0.29, 0.717) is 13.0 Å². The molecule has 14 heavy (non-hydrogen) atoms. The van der Waals surface area contributed by atoms with E-state index < -0.39 is 0 Å². The SMILES string of the molecule is CCCN1CCCN(CCC=O)C1=O. The quantitative estimate of drug-likeness (QED) is 0.621. The van der Waals surface area contributed by atoms with Gasteiger partial charge in [-0.15, -0.1) is 0 Å². The van der Waals surface area contributed by atoms with E-state index >= 15 is 0 Å². The van der Waals surface area contributed by atoms with Gasteiger partial charge >= 0.3 is 6.03 Å². The molecule has 0 saturated carbocycles. The molecule has 4 nitrogen and oxygen atoms in total. The first-order valence-electron chi connectivity index (χ1n) is 5.27. The Morgan fingerprint density at radius 2 is 1.93 bits per heavy atom. The predicted octanol–water partition coefficient (Wildman–Crippen LogP) is 1.11. The summed E-state index contributed by atoms with van der Waals surface area (Å²) in [5, 5.41) is 0. The zero-order valence-corrected chi connectivity index (χ0v) is 8.74. The molecule has 0 spiro atoms. The highest BCUT2D eigenvalue weighted by molar-refractivity contribution is 5.75. The molecule has 0 aliphatic carbocycles. The summed E-state index contributed by atoms with van der Waals surface area (Å²) >= 11 is 0. The van der Waals surface area contributed by atoms with E-state index in [0.717, 1.165) is 38.8 Å². The fourth-order valence-corrected chi connectivity index (χ4v) is 1.74. The zero-order valence-electron chi connectivity index (χ0n) is 8.74. The van der Waals surface area contributed by atoms with Crippen molar-refractivity contribution in [3.8, 4) is 0 Å². The molecule has 2 amide bonds. The largest absolute Gasteiger partial charge is 0.325 e. The van der Waals surface area contributed by atoms with Crippen LogP contribution in [0.4, 0.5) is 4.79 Å². The molecule has 1 aliphatic rings. The second kappa shape index (κ2) is 5.62. The van der Waals surface area contributed by atoms with Crippen molar-refractivity contribution in [2.45, 2.75) is 26.2 Å². The number of amides is 2. The van der Waals surface area contributed by atoms with Crippen LogP contribution in [0.3, 0.4) is 0 Å². The number of hydrogen-bond donors (Lipinski definition) is 0. The molecule has 0 bridgehead atoms. The van der Waals surface area contributed by atoms with Gasteiger partial charge in [-0.05, 0) is 12.8 Å². The fourth-order valence-electron chi connectivity index (χ4n) is 1.74. The van der Waals surface area contributed by atoms with Gasteiger partial charge in [-0.25, -0.2) is 4.79 Å². The summed E-state index contributed by atoms with van der Waals surface area (Å²) in [4.78, 5) is 25.6. The minimum atomic E-state index is 0.0972. The Labute approximate surface area is 84.9 Å². The second-order valence-electron chi connectivity index (χ2n) is 3.57. The monoisotopic (exact) mass is 198 g/mol. The van der Waals surface area contributed by atoms with Crippen molar-refractivity contribution in [1.29, 1.82) is 0 Å². The normalized spacial score (nSPS) is 17.4. The number of carbonyl (C=O) groups is 2. The number of carbonyl (C=O) groups excluding carboxylic acids is 2. The van der Waals surface area contributed by atoms with Gasteiger partial charge in [0, 0.05) is 32.6 Å². The fraction of sp³-hybridized carbons (Fsp3) is 0.800. The van der Waals surface area contributed by atoms with E-state index in [-0.39, 0.29) is 6.03 Å². The van der Waals surface area contributed by atoms with E-state index in [1.807, 2.05) is 4.90 Å². The molecule has 0 aromatic carbocycles. The molecule has 80 valence electrons. The minimum Gasteiger partial charge on any atom is -0.325 e. The molecule has 1 fully saturated rings. The Morgan fingerprint density at radius 3 is 2.50 bits per heavy atom. The molecule has 1 rings (SSSR count). The lowest BCUT2D eigenvalue weighted by Crippen LogP contribution is -2.49. The maximum atomic E-state index is 11.8. The van der Waals surface area contributed by atoms with Gasteiger partial charge in [0.05, 0.1) is 0 Å². The van der Waals surface area contributed by atoms with Crippen molar-refractivity contribution in [3.63, 3.8) is 0 Å². The lowest BCUT2D eigenvalue weighted by molar-refractivity contribution is -0.108. The van der Waals surface area contributed by atoms with Crippen LogP contribution < -0.4 is 0 Å². The summed E-state index contributed by atoms with van der Waals surface area (Å²) < 4.78 is 0. The molecule has 1 saturated heterocycles. The summed E-state index contributed by atoms with van der Waals surface area (Å²) in [6.07, 6.45) is 3.33. The molecular weight excluding hydrogens is 180 g/mol. The first kappa shape index (κ1) is 11.0. The van der Waals surface area contributed by atoms with Gasteiger partial charge in [0.25, 0.3) is 0 Å². The maximum Gasteiger partial charge on any atom is 0.320 e. The van der Waals surface area contributed by atoms with Crippen LogP contribution in [0.15, 0.2) is 0 Å². The molecule has 1 heterocycles. The standard InChI is InChI=1S/C10H18N2O2/c1-2-5-11-6-3-7-12(10(11)14)8-4-9-13/h9H,2-8H2,1H3. The minimum absolute atomic E-state index is 0.0972. The topological polar surface area (TPSA) is 40.6 Å². The van der Waals surface area contributed by atoms with Crippen LogP contribution in [0.1, 0.15) is 26.2 Å². The van der Waals surface area contributed by atoms with Gasteiger partial charge < -0.3 is 14.6 Å². The Kier molecular flexibility index (Phi) is 4.43. The van der Waals surface area contributed by atoms with Crippen LogP contribution in [-0.2, 0) is 4.79 Å². The van der Waals surface area contributed by atoms with Crippen molar-refractivity contribution < 1.29 is 9.59 Å². The van der Waals surface area contributed by atoms with Crippen LogP contribution in [0.5, 0.6) is 0 Å². The van der Waals surface area contributed by atoms with Gasteiger partial charge in [0.2, 0.25) is 0 Å². The Balaban J connectivity index is 2.43. The molecule has 1 aliphatic heterocycles. The lowest BCUT2D eigenvalue weighted by atomic mass is 10.2. The summed E-state index contributed by atoms with van der Waals surface area (Å²) in [5.74, 6) is 0. The number of hydrogen-bond acceptors (Lipinski definition) is 2. The van der Waals surface area contributed by atoms with E-state index in [1.165, 1.54) is 0 Å². The van der Waals surface area contributed by atoms with E-state index in [2.05, 4.69) is 6.92 Å². The van der Waals surface area contributed by atoms with Crippen molar-refractivity contribution in [2.24, 2.45) is 0 Å². The first-order chi connectivity index (χ1) is 6.79. The molecule has 0 aromatic rings. The first-order valence-corrected chi connectivity index (χ1v) is 5.27. The smallest absolute Gasteiger partial charge is 0.320 e. The second-order valence-corrected chi connectivity index (χ2v) is 3.57. The highest BCUT2D eigenvalue weighted by Crippen LogP contribution is 2.09. The molecule has 0 aromatic heterocycles. The number of aldehydes is 1. The molecule has 0 radical (unpaired) electrons. The van der Waals surface area contributed by atoms with E-state index in [4.69, 9.17) is 0 Å². The van der Waals surface area contributed by atoms with Crippen molar-refractivity contribution >= 4 is 12.3 Å². The van der Waals surface area contributed by atoms with Crippen molar-refractivity contribution in [2.75, 3.05) is 26.2 Å². The number of rotatable bonds is 5. The molecule has 4 heteroatoms. The third-order valence-corrected chi connectivity index (χ3v) is 2.41. The van der Waals surface area contributed by atoms with Crippen LogP contribution >= 0.6 is 0 Å². The van der Waals surface area contributed by atoms with Crippen molar-refractivity contribution in [3.05, 3.63) is 0 Å². The van der Waals surface area contributed by atoms with Crippen LogP contribution in [0.2, 0.25) is 0 Å². The van der Waals surface area contributed by atoms with Gasteiger partial charge in [-0.1, -0.05) is 6.92 Å². The number of nitrogens with zero attached hydrogens (tertiary/aromatic N) is 2. The van der Waals surface area contributed by atoms with Gasteiger partial charge in [0.15, 0.2) is 0 Å². The maximum absolute atomic E-state index is 11.8. The average Bonchev–Trinajstić information content (AvgIpc) is 2.20. The summed E-state index contributed by atoms with van der Waals surface area (Å²) in [6, 6.07) is 0.0972. The van der Waals surface area contributed by atoms with Crippen LogP contribution in [-0.4, -0.2) is 48.3 Å². The molecular formula is C10H18N2O2. The molecule has 0 atom stereocenters. The summed E-state index contributed by atoms with van der Waals surface area (Å²) in [5.41, 5.74) is 0. The van der Waals surface area contributed by atoms with E-state index in [1.54, 1.807) is 4.90 Å². The van der Waals surface area contributed by atoms with Crippen molar-refractivity contribution in [1.82, 2.24) is 9.80 Å². The highest BCUT2D eigenvalue weighted by Gasteiger charge is 2.23. The summed E-state index contributed by atoms with van der Waals surface area (Å²) in [7, 11) is 0. The van der Waals surface area contributed by atoms with Gasteiger partial charge in [-0.2, -0.15) is 0 Å². The Bertz CT molecular complexity index is 204. The molecule has 0 N–H and O–H groups in total. The van der Waals surface area contributed by atoms with Gasteiger partial charge in [0.1, 0.15) is 6.29 Å².